The Kier molecular flexibility index (Phi) is 7.14. The average Bonchev–Trinajstić information content (AvgIpc) is 3.00. The summed E-state index contributed by atoms with van der Waals surface area (Å²) in [5.74, 6) is 1.15. The molecule has 1 saturated heterocycles. The second-order valence-electron chi connectivity index (χ2n) is 8.32. The summed E-state index contributed by atoms with van der Waals surface area (Å²) in [7, 11) is 0. The smallest absolute Gasteiger partial charge is 0.263 e. The van der Waals surface area contributed by atoms with Gasteiger partial charge in [-0.3, -0.25) is 9.59 Å². The molecule has 2 aromatic carbocycles. The van der Waals surface area contributed by atoms with Gasteiger partial charge in [-0.15, -0.1) is 0 Å². The van der Waals surface area contributed by atoms with E-state index < -0.39 is 6.10 Å². The van der Waals surface area contributed by atoms with Crippen LogP contribution in [0, 0.1) is 6.92 Å². The summed E-state index contributed by atoms with van der Waals surface area (Å²) >= 11 is 0. The fraction of sp³-hybridized carbons (Fsp3) is 0.440. The molecule has 0 radical (unpaired) electrons. The maximum atomic E-state index is 12.9. The number of aryl methyl sites for hydroxylation is 1. The summed E-state index contributed by atoms with van der Waals surface area (Å²) in [6, 6.07) is 15.6. The van der Waals surface area contributed by atoms with Crippen molar-refractivity contribution in [1.82, 2.24) is 9.80 Å². The molecule has 1 aliphatic heterocycles. The van der Waals surface area contributed by atoms with E-state index in [4.69, 9.17) is 4.74 Å². The zero-order valence-corrected chi connectivity index (χ0v) is 18.4. The van der Waals surface area contributed by atoms with Crippen molar-refractivity contribution in [1.29, 1.82) is 0 Å². The molecular weight excluding hydrogens is 376 g/mol. The fourth-order valence-electron chi connectivity index (χ4n) is 3.66. The lowest BCUT2D eigenvalue weighted by atomic mass is 10.0. The molecule has 5 nitrogen and oxygen atoms in total. The number of hydrogen-bond donors (Lipinski definition) is 0. The van der Waals surface area contributed by atoms with Gasteiger partial charge in [0.25, 0.3) is 11.8 Å². The molecule has 0 aliphatic carbocycles. The number of nitrogens with zero attached hydrogens (tertiary/aromatic N) is 2. The molecule has 3 rings (SSSR count). The van der Waals surface area contributed by atoms with E-state index in [1.807, 2.05) is 65.3 Å². The van der Waals surface area contributed by atoms with Crippen LogP contribution in [-0.2, 0) is 4.79 Å². The molecule has 0 saturated carbocycles. The quantitative estimate of drug-likeness (QED) is 0.743. The van der Waals surface area contributed by atoms with Crippen LogP contribution in [0.2, 0.25) is 0 Å². The summed E-state index contributed by atoms with van der Waals surface area (Å²) in [6.07, 6.45) is 0.202. The first-order chi connectivity index (χ1) is 14.3. The molecule has 2 aromatic rings. The highest BCUT2D eigenvalue weighted by Crippen LogP contribution is 2.20. The number of hydrogen-bond acceptors (Lipinski definition) is 3. The van der Waals surface area contributed by atoms with E-state index in [1.54, 1.807) is 6.92 Å². The van der Waals surface area contributed by atoms with E-state index in [0.717, 1.165) is 12.0 Å². The molecule has 1 fully saturated rings. The van der Waals surface area contributed by atoms with Gasteiger partial charge in [-0.2, -0.15) is 0 Å². The number of carbonyl (C=O) groups is 2. The van der Waals surface area contributed by atoms with E-state index in [-0.39, 0.29) is 11.8 Å². The lowest BCUT2D eigenvalue weighted by molar-refractivity contribution is -0.137. The molecule has 0 spiro atoms. The lowest BCUT2D eigenvalue weighted by Crippen LogP contribution is -2.43. The normalized spacial score (nSPS) is 15.6. The Morgan fingerprint density at radius 1 is 0.833 bits per heavy atom. The van der Waals surface area contributed by atoms with Gasteiger partial charge in [-0.05, 0) is 56.0 Å². The largest absolute Gasteiger partial charge is 0.481 e. The van der Waals surface area contributed by atoms with Crippen LogP contribution in [-0.4, -0.2) is 53.9 Å². The number of carbonyl (C=O) groups excluding carboxylic acids is 2. The predicted molar refractivity (Wildman–Crippen MR) is 119 cm³/mol. The molecule has 1 aliphatic rings. The Hall–Kier alpha value is -2.82. The van der Waals surface area contributed by atoms with Crippen molar-refractivity contribution in [2.45, 2.75) is 46.1 Å². The Labute approximate surface area is 179 Å². The second kappa shape index (κ2) is 9.79. The van der Waals surface area contributed by atoms with Crippen molar-refractivity contribution in [2.75, 3.05) is 26.2 Å². The van der Waals surface area contributed by atoms with Crippen LogP contribution in [0.5, 0.6) is 5.75 Å². The molecule has 1 heterocycles. The van der Waals surface area contributed by atoms with E-state index >= 15 is 0 Å². The number of rotatable bonds is 5. The minimum Gasteiger partial charge on any atom is -0.481 e. The molecule has 0 aromatic heterocycles. The van der Waals surface area contributed by atoms with Gasteiger partial charge in [0.1, 0.15) is 5.75 Å². The third-order valence-electron chi connectivity index (χ3n) is 5.60. The van der Waals surface area contributed by atoms with Crippen LogP contribution in [0.15, 0.2) is 48.5 Å². The van der Waals surface area contributed by atoms with Crippen molar-refractivity contribution >= 4 is 11.8 Å². The van der Waals surface area contributed by atoms with Gasteiger partial charge in [-0.25, -0.2) is 0 Å². The highest BCUT2D eigenvalue weighted by atomic mass is 16.5. The zero-order valence-electron chi connectivity index (χ0n) is 18.4. The van der Waals surface area contributed by atoms with Crippen molar-refractivity contribution in [2.24, 2.45) is 0 Å². The first-order valence-corrected chi connectivity index (χ1v) is 10.8. The highest BCUT2D eigenvalue weighted by Gasteiger charge is 2.26. The maximum Gasteiger partial charge on any atom is 0.263 e. The average molecular weight is 409 g/mol. The number of amides is 2. The van der Waals surface area contributed by atoms with Crippen LogP contribution in [0.25, 0.3) is 0 Å². The maximum absolute atomic E-state index is 12.9. The summed E-state index contributed by atoms with van der Waals surface area (Å²) < 4.78 is 5.89. The van der Waals surface area contributed by atoms with E-state index in [2.05, 4.69) is 13.8 Å². The Balaban J connectivity index is 1.56. The summed E-state index contributed by atoms with van der Waals surface area (Å²) in [5.41, 5.74) is 3.07. The zero-order chi connectivity index (χ0) is 21.7. The van der Waals surface area contributed by atoms with Crippen LogP contribution in [0.4, 0.5) is 0 Å². The summed E-state index contributed by atoms with van der Waals surface area (Å²) in [6.45, 7) is 10.4. The molecule has 30 heavy (non-hydrogen) atoms. The lowest BCUT2D eigenvalue weighted by Gasteiger charge is -2.25. The summed E-state index contributed by atoms with van der Waals surface area (Å²) in [5, 5.41) is 0. The molecule has 0 bridgehead atoms. The molecule has 1 atom stereocenters. The van der Waals surface area contributed by atoms with Gasteiger partial charge >= 0.3 is 0 Å². The molecule has 160 valence electrons. The SMILES string of the molecule is Cc1ccc(C(=O)N2CCCN(C(=O)C(C)Oc3ccc(C(C)C)cc3)CC2)cc1. The van der Waals surface area contributed by atoms with Crippen molar-refractivity contribution in [3.05, 3.63) is 65.2 Å². The van der Waals surface area contributed by atoms with Crippen LogP contribution >= 0.6 is 0 Å². The van der Waals surface area contributed by atoms with Gasteiger partial charge in [0.15, 0.2) is 6.10 Å². The van der Waals surface area contributed by atoms with Gasteiger partial charge in [0.2, 0.25) is 0 Å². The Morgan fingerprint density at radius 3 is 2.07 bits per heavy atom. The Bertz CT molecular complexity index is 859. The monoisotopic (exact) mass is 408 g/mol. The minimum atomic E-state index is -0.561. The first kappa shape index (κ1) is 21.9. The Morgan fingerprint density at radius 2 is 1.43 bits per heavy atom. The van der Waals surface area contributed by atoms with Crippen LogP contribution in [0.1, 0.15) is 54.6 Å². The molecule has 2 amide bonds. The third kappa shape index (κ3) is 5.41. The van der Waals surface area contributed by atoms with Gasteiger partial charge in [0, 0.05) is 31.7 Å². The standard InChI is InChI=1S/C25H32N2O3/c1-18(2)21-10-12-23(13-11-21)30-20(4)24(28)26-14-5-15-27(17-16-26)25(29)22-8-6-19(3)7-9-22/h6-13,18,20H,5,14-17H2,1-4H3. The van der Waals surface area contributed by atoms with Crippen molar-refractivity contribution < 1.29 is 14.3 Å². The molecule has 0 N–H and O–H groups in total. The van der Waals surface area contributed by atoms with Crippen LogP contribution < -0.4 is 4.74 Å². The summed E-state index contributed by atoms with van der Waals surface area (Å²) in [4.78, 5) is 29.4. The molecular formula is C25H32N2O3. The number of benzene rings is 2. The topological polar surface area (TPSA) is 49.9 Å². The minimum absolute atomic E-state index is 0.0267. The second-order valence-corrected chi connectivity index (χ2v) is 8.32. The third-order valence-corrected chi connectivity index (χ3v) is 5.60. The van der Waals surface area contributed by atoms with E-state index in [1.165, 1.54) is 5.56 Å². The molecule has 5 heteroatoms. The van der Waals surface area contributed by atoms with Crippen molar-refractivity contribution in [3.8, 4) is 5.75 Å². The predicted octanol–water partition coefficient (Wildman–Crippen LogP) is 4.26. The number of ether oxygens (including phenoxy) is 1. The first-order valence-electron chi connectivity index (χ1n) is 10.8. The highest BCUT2D eigenvalue weighted by molar-refractivity contribution is 5.94. The van der Waals surface area contributed by atoms with E-state index in [0.29, 0.717) is 43.4 Å². The van der Waals surface area contributed by atoms with Gasteiger partial charge in [-0.1, -0.05) is 43.7 Å². The van der Waals surface area contributed by atoms with E-state index in [9.17, 15) is 9.59 Å². The van der Waals surface area contributed by atoms with Crippen LogP contribution in [0.3, 0.4) is 0 Å². The molecule has 1 unspecified atom stereocenters. The van der Waals surface area contributed by atoms with Crippen molar-refractivity contribution in [3.63, 3.8) is 0 Å². The fourth-order valence-corrected chi connectivity index (χ4v) is 3.66. The van der Waals surface area contributed by atoms with Gasteiger partial charge in [0.05, 0.1) is 0 Å². The van der Waals surface area contributed by atoms with Gasteiger partial charge < -0.3 is 14.5 Å².